The van der Waals surface area contributed by atoms with Crippen LogP contribution in [-0.4, -0.2) is 80.9 Å². The van der Waals surface area contributed by atoms with Crippen molar-refractivity contribution in [3.8, 4) is 28.7 Å². The quantitative estimate of drug-likeness (QED) is 0.326. The van der Waals surface area contributed by atoms with Crippen molar-refractivity contribution >= 4 is 17.4 Å². The average Bonchev–Trinajstić information content (AvgIpc) is 3.67. The van der Waals surface area contributed by atoms with Crippen LogP contribution in [0.15, 0.2) is 35.9 Å². The summed E-state index contributed by atoms with van der Waals surface area (Å²) in [6.45, 7) is 2.91. The first kappa shape index (κ1) is 24.8. The molecule has 0 aliphatic carbocycles. The first-order valence-corrected chi connectivity index (χ1v) is 12.2. The van der Waals surface area contributed by atoms with E-state index in [1.165, 1.54) is 26.2 Å². The van der Waals surface area contributed by atoms with Crippen molar-refractivity contribution in [3.05, 3.63) is 47.0 Å². The molecule has 5 rings (SSSR count). The highest BCUT2D eigenvalue weighted by Crippen LogP contribution is 2.47. The van der Waals surface area contributed by atoms with Gasteiger partial charge in [-0.05, 0) is 61.8 Å². The molecule has 37 heavy (non-hydrogen) atoms. The number of aliphatic hydroxyl groups is 1. The van der Waals surface area contributed by atoms with Gasteiger partial charge in [-0.1, -0.05) is 0 Å². The summed E-state index contributed by atoms with van der Waals surface area (Å²) in [5.41, 5.74) is 0.885. The van der Waals surface area contributed by atoms with Crippen LogP contribution in [0.25, 0.3) is 5.76 Å². The summed E-state index contributed by atoms with van der Waals surface area (Å²) in [5.74, 6) is 0.466. The van der Waals surface area contributed by atoms with E-state index in [1.807, 2.05) is 0 Å². The van der Waals surface area contributed by atoms with Gasteiger partial charge in [-0.25, -0.2) is 0 Å². The van der Waals surface area contributed by atoms with Crippen LogP contribution in [-0.2, 0) is 9.59 Å². The standard InChI is InChI=1S/C27H30N2O8/c1-33-18-7-6-16(12-19(18)34-2)24(30)22-23(17-13-20(35-3)26-21(14-17)36-15-37-26)29(27(32)25(22)31)11-10-28-8-4-5-9-28/h6-7,12-14,23,30H,4-5,8-11,15H2,1-3H3/t23-/m1/s1. The molecule has 196 valence electrons. The van der Waals surface area contributed by atoms with Crippen molar-refractivity contribution in [2.24, 2.45) is 0 Å². The average molecular weight is 511 g/mol. The van der Waals surface area contributed by atoms with Crippen LogP contribution in [0, 0.1) is 0 Å². The van der Waals surface area contributed by atoms with E-state index in [4.69, 9.17) is 23.7 Å². The van der Waals surface area contributed by atoms with Crippen molar-refractivity contribution < 1.29 is 38.4 Å². The fraction of sp³-hybridized carbons (Fsp3) is 0.407. The zero-order valence-corrected chi connectivity index (χ0v) is 21.1. The Morgan fingerprint density at radius 3 is 2.38 bits per heavy atom. The van der Waals surface area contributed by atoms with Gasteiger partial charge in [0.1, 0.15) is 5.76 Å². The van der Waals surface area contributed by atoms with E-state index >= 15 is 0 Å². The summed E-state index contributed by atoms with van der Waals surface area (Å²) < 4.78 is 27.3. The molecule has 2 aromatic rings. The number of likely N-dealkylation sites (tertiary alicyclic amines) is 2. The molecule has 0 aromatic heterocycles. The van der Waals surface area contributed by atoms with E-state index in [-0.39, 0.29) is 18.1 Å². The van der Waals surface area contributed by atoms with Crippen LogP contribution in [0.4, 0.5) is 0 Å². The predicted octanol–water partition coefficient (Wildman–Crippen LogP) is 2.96. The highest BCUT2D eigenvalue weighted by atomic mass is 16.7. The maximum absolute atomic E-state index is 13.4. The molecule has 1 atom stereocenters. The zero-order valence-electron chi connectivity index (χ0n) is 21.1. The molecule has 10 nitrogen and oxygen atoms in total. The maximum Gasteiger partial charge on any atom is 0.295 e. The first-order chi connectivity index (χ1) is 18.0. The fourth-order valence-corrected chi connectivity index (χ4v) is 5.16. The Morgan fingerprint density at radius 1 is 0.946 bits per heavy atom. The summed E-state index contributed by atoms with van der Waals surface area (Å²) in [4.78, 5) is 30.5. The van der Waals surface area contributed by atoms with Gasteiger partial charge in [-0.15, -0.1) is 0 Å². The lowest BCUT2D eigenvalue weighted by Crippen LogP contribution is -2.37. The van der Waals surface area contributed by atoms with E-state index in [0.717, 1.165) is 25.9 Å². The molecular formula is C27H30N2O8. The van der Waals surface area contributed by atoms with Crippen molar-refractivity contribution in [3.63, 3.8) is 0 Å². The van der Waals surface area contributed by atoms with Crippen LogP contribution >= 0.6 is 0 Å². The third-order valence-corrected chi connectivity index (χ3v) is 7.05. The molecule has 3 aliphatic heterocycles. The largest absolute Gasteiger partial charge is 0.507 e. The van der Waals surface area contributed by atoms with Crippen molar-refractivity contribution in [1.29, 1.82) is 0 Å². The number of methoxy groups -OCH3 is 3. The lowest BCUT2D eigenvalue weighted by Gasteiger charge is -2.27. The van der Waals surface area contributed by atoms with Crippen LogP contribution in [0.1, 0.15) is 30.0 Å². The topological polar surface area (TPSA) is 107 Å². The van der Waals surface area contributed by atoms with Gasteiger partial charge in [-0.2, -0.15) is 0 Å². The molecule has 2 saturated heterocycles. The van der Waals surface area contributed by atoms with E-state index in [2.05, 4.69) is 4.90 Å². The second-order valence-corrected chi connectivity index (χ2v) is 9.07. The smallest absolute Gasteiger partial charge is 0.295 e. The van der Waals surface area contributed by atoms with Crippen molar-refractivity contribution in [2.75, 3.05) is 54.3 Å². The number of fused-ring (bicyclic) bond motifs is 1. The Morgan fingerprint density at radius 2 is 1.68 bits per heavy atom. The van der Waals surface area contributed by atoms with Crippen molar-refractivity contribution in [1.82, 2.24) is 9.80 Å². The minimum Gasteiger partial charge on any atom is -0.507 e. The van der Waals surface area contributed by atoms with Crippen LogP contribution < -0.4 is 23.7 Å². The summed E-state index contributed by atoms with van der Waals surface area (Å²) in [6.07, 6.45) is 2.22. The number of benzene rings is 2. The Balaban J connectivity index is 1.62. The molecule has 0 bridgehead atoms. The highest BCUT2D eigenvalue weighted by Gasteiger charge is 2.47. The van der Waals surface area contributed by atoms with Crippen LogP contribution in [0.2, 0.25) is 0 Å². The van der Waals surface area contributed by atoms with Crippen LogP contribution in [0.5, 0.6) is 28.7 Å². The number of Topliss-reactive ketones (excluding diaryl/α,β-unsaturated/α-hetero) is 1. The van der Waals surface area contributed by atoms with Gasteiger partial charge in [0, 0.05) is 18.7 Å². The van der Waals surface area contributed by atoms with E-state index in [0.29, 0.717) is 53.0 Å². The summed E-state index contributed by atoms with van der Waals surface area (Å²) >= 11 is 0. The highest BCUT2D eigenvalue weighted by molar-refractivity contribution is 6.46. The minimum atomic E-state index is -0.848. The summed E-state index contributed by atoms with van der Waals surface area (Å²) in [6, 6.07) is 7.42. The maximum atomic E-state index is 13.4. The van der Waals surface area contributed by atoms with Gasteiger partial charge in [0.25, 0.3) is 11.7 Å². The molecule has 0 unspecified atom stereocenters. The second kappa shape index (κ2) is 10.2. The Kier molecular flexibility index (Phi) is 6.84. The van der Waals surface area contributed by atoms with Crippen molar-refractivity contribution in [2.45, 2.75) is 18.9 Å². The molecule has 3 heterocycles. The predicted molar refractivity (Wildman–Crippen MR) is 133 cm³/mol. The number of rotatable bonds is 8. The number of aliphatic hydroxyl groups excluding tert-OH is 1. The molecule has 2 aromatic carbocycles. The van der Waals surface area contributed by atoms with E-state index in [1.54, 1.807) is 30.3 Å². The molecular weight excluding hydrogens is 480 g/mol. The summed E-state index contributed by atoms with van der Waals surface area (Å²) in [7, 11) is 4.50. The van der Waals surface area contributed by atoms with Gasteiger partial charge < -0.3 is 38.6 Å². The zero-order chi connectivity index (χ0) is 26.1. The summed E-state index contributed by atoms with van der Waals surface area (Å²) in [5, 5.41) is 11.4. The Hall–Kier alpha value is -3.92. The monoisotopic (exact) mass is 510 g/mol. The molecule has 10 heteroatoms. The lowest BCUT2D eigenvalue weighted by molar-refractivity contribution is -0.140. The normalized spacial score (nSPS) is 20.5. The molecule has 0 spiro atoms. The molecule has 1 amide bonds. The minimum absolute atomic E-state index is 0.0143. The molecule has 0 radical (unpaired) electrons. The first-order valence-electron chi connectivity index (χ1n) is 12.2. The van der Waals surface area contributed by atoms with E-state index < -0.39 is 17.7 Å². The van der Waals surface area contributed by atoms with Gasteiger partial charge in [0.2, 0.25) is 12.5 Å². The van der Waals surface area contributed by atoms with Gasteiger partial charge in [-0.3, -0.25) is 9.59 Å². The number of carbonyl (C=O) groups excluding carboxylic acids is 2. The number of ketones is 1. The fourth-order valence-electron chi connectivity index (χ4n) is 5.16. The lowest BCUT2D eigenvalue weighted by atomic mass is 9.94. The third-order valence-electron chi connectivity index (χ3n) is 7.05. The second-order valence-electron chi connectivity index (χ2n) is 9.07. The number of hydrogen-bond acceptors (Lipinski definition) is 9. The number of amides is 1. The number of hydrogen-bond donors (Lipinski definition) is 1. The Labute approximate surface area is 214 Å². The SMILES string of the molecule is COc1ccc(C(O)=C2C(=O)C(=O)N(CCN3CCCC3)[C@@H]2c2cc(OC)c3c(c2)OCO3)cc1OC. The van der Waals surface area contributed by atoms with E-state index in [9.17, 15) is 14.7 Å². The van der Waals surface area contributed by atoms with Crippen LogP contribution in [0.3, 0.4) is 0 Å². The number of ether oxygens (including phenoxy) is 5. The number of carbonyl (C=O) groups is 2. The Bertz CT molecular complexity index is 1250. The third kappa shape index (κ3) is 4.42. The molecule has 1 N–H and O–H groups in total. The van der Waals surface area contributed by atoms with Gasteiger partial charge >= 0.3 is 0 Å². The molecule has 0 saturated carbocycles. The molecule has 3 aliphatic rings. The number of nitrogens with zero attached hydrogens (tertiary/aromatic N) is 2. The van der Waals surface area contributed by atoms with Gasteiger partial charge in [0.15, 0.2) is 23.0 Å². The van der Waals surface area contributed by atoms with Gasteiger partial charge in [0.05, 0.1) is 32.9 Å². The molecule has 2 fully saturated rings.